The van der Waals surface area contributed by atoms with E-state index in [0.717, 1.165) is 0 Å². The standard InChI is InChI=1S/C12H6N8O2/c13-20(11-16-7-5(1-3-14-7)9(21)18-11)12-17-8-6(2-4-15-8)10(22)19-12/h1-4H,13H2/p+1. The predicted molar refractivity (Wildman–Crippen MR) is 75.8 cm³/mol. The summed E-state index contributed by atoms with van der Waals surface area (Å²) in [6.45, 7) is 0. The number of carbonyl (C=O) groups excluding carboxylic acids is 1. The van der Waals surface area contributed by atoms with Gasteiger partial charge in [0.1, 0.15) is 11.0 Å². The first-order valence-corrected chi connectivity index (χ1v) is 6.19. The summed E-state index contributed by atoms with van der Waals surface area (Å²) in [5.74, 6) is -0.677. The monoisotopic (exact) mass is 295 g/mol. The molecule has 2 aliphatic heterocycles. The smallest absolute Gasteiger partial charge is 0.338 e. The zero-order valence-electron chi connectivity index (χ0n) is 10.9. The first-order valence-electron chi connectivity index (χ1n) is 6.19. The number of carbonyl (C=O) groups is 1. The fourth-order valence-electron chi connectivity index (χ4n) is 2.09. The number of H-pyrrole nitrogens is 2. The van der Waals surface area contributed by atoms with Gasteiger partial charge < -0.3 is 4.98 Å². The molecule has 0 spiro atoms. The lowest BCUT2D eigenvalue weighted by Gasteiger charge is -2.04. The summed E-state index contributed by atoms with van der Waals surface area (Å²) < 4.78 is 0.678. The van der Waals surface area contributed by atoms with Gasteiger partial charge in [-0.1, -0.05) is 9.69 Å². The molecule has 10 nitrogen and oxygen atoms in total. The highest BCUT2D eigenvalue weighted by atomic mass is 16.1. The van der Waals surface area contributed by atoms with Crippen molar-refractivity contribution >= 4 is 40.9 Å². The number of aliphatic imine (C=N–C) groups is 3. The third-order valence-corrected chi connectivity index (χ3v) is 3.14. The van der Waals surface area contributed by atoms with Crippen LogP contribution in [0.5, 0.6) is 0 Å². The third kappa shape index (κ3) is 1.67. The van der Waals surface area contributed by atoms with Crippen LogP contribution in [0.1, 0.15) is 0 Å². The molecule has 4 heterocycles. The number of allylic oxidation sites excluding steroid dienone is 1. The van der Waals surface area contributed by atoms with E-state index in [1.807, 2.05) is 0 Å². The molecule has 0 unspecified atom stereocenters. The van der Waals surface area contributed by atoms with Gasteiger partial charge in [0, 0.05) is 12.4 Å². The molecule has 0 saturated heterocycles. The average molecular weight is 295 g/mol. The molecular weight excluding hydrogens is 288 g/mol. The lowest BCUT2D eigenvalue weighted by Crippen LogP contribution is -2.24. The lowest BCUT2D eigenvalue weighted by atomic mass is 10.2. The number of rotatable bonds is 1. The average Bonchev–Trinajstić information content (AvgIpc) is 3.14. The van der Waals surface area contributed by atoms with E-state index in [0.29, 0.717) is 15.7 Å². The van der Waals surface area contributed by atoms with Crippen molar-refractivity contribution < 1.29 is 9.49 Å². The Balaban J connectivity index is 1.81. The molecule has 4 rings (SSSR count). The number of nitrogens with one attached hydrogen (secondary N) is 3. The predicted octanol–water partition coefficient (Wildman–Crippen LogP) is 0.232. The third-order valence-electron chi connectivity index (χ3n) is 3.14. The van der Waals surface area contributed by atoms with Crippen LogP contribution in [0, 0.1) is 5.53 Å². The van der Waals surface area contributed by atoms with Gasteiger partial charge in [0.2, 0.25) is 5.84 Å². The van der Waals surface area contributed by atoms with Crippen molar-refractivity contribution in [2.75, 3.05) is 0 Å². The number of fused-ring (bicyclic) bond motifs is 2. The van der Waals surface area contributed by atoms with Gasteiger partial charge in [-0.05, 0) is 12.1 Å². The molecule has 2 aromatic heterocycles. The zero-order valence-corrected chi connectivity index (χ0v) is 10.9. The summed E-state index contributed by atoms with van der Waals surface area (Å²) in [5, 5.41) is 0.371. The molecular formula is C12H7N8O2+. The van der Waals surface area contributed by atoms with E-state index in [-0.39, 0.29) is 23.3 Å². The zero-order chi connectivity index (χ0) is 15.3. The van der Waals surface area contributed by atoms with Crippen molar-refractivity contribution in [2.24, 2.45) is 15.0 Å². The maximum Gasteiger partial charge on any atom is 0.384 e. The number of amidine groups is 1. The van der Waals surface area contributed by atoms with E-state index in [1.54, 1.807) is 12.3 Å². The Hall–Kier alpha value is -3.56. The van der Waals surface area contributed by atoms with Crippen LogP contribution in [-0.4, -0.2) is 43.6 Å². The number of nitrogens with zero attached hydrogens (tertiary/aromatic N) is 5. The second-order valence-electron chi connectivity index (χ2n) is 4.48. The summed E-state index contributed by atoms with van der Waals surface area (Å²) in [7, 11) is 0. The minimum atomic E-state index is -0.543. The van der Waals surface area contributed by atoms with Gasteiger partial charge in [0.25, 0.3) is 5.56 Å². The highest BCUT2D eigenvalue weighted by Crippen LogP contribution is 2.16. The van der Waals surface area contributed by atoms with E-state index in [1.165, 1.54) is 12.3 Å². The molecule has 3 N–H and O–H groups in total. The molecule has 22 heavy (non-hydrogen) atoms. The number of hydrogen-bond donors (Lipinski definition) is 3. The molecule has 2 aromatic rings. The van der Waals surface area contributed by atoms with Crippen LogP contribution in [0.2, 0.25) is 0 Å². The Morgan fingerprint density at radius 2 is 2.09 bits per heavy atom. The maximum absolute atomic E-state index is 11.9. The highest BCUT2D eigenvalue weighted by molar-refractivity contribution is 6.32. The number of hydrogen-bond acceptors (Lipinski definition) is 6. The lowest BCUT2D eigenvalue weighted by molar-refractivity contribution is -0.426. The molecule has 10 heteroatoms. The van der Waals surface area contributed by atoms with Crippen molar-refractivity contribution in [1.29, 1.82) is 5.53 Å². The molecule has 0 aromatic carbocycles. The number of amides is 1. The number of aromatic amines is 2. The Morgan fingerprint density at radius 3 is 2.95 bits per heavy atom. The maximum atomic E-state index is 11.9. The second-order valence-corrected chi connectivity index (χ2v) is 4.48. The van der Waals surface area contributed by atoms with Crippen LogP contribution >= 0.6 is 0 Å². The number of aromatic nitrogens is 3. The second kappa shape index (κ2) is 4.22. The summed E-state index contributed by atoms with van der Waals surface area (Å²) in [5.41, 5.74) is 8.19. The van der Waals surface area contributed by atoms with Gasteiger partial charge in [-0.3, -0.25) is 9.59 Å². The van der Waals surface area contributed by atoms with Crippen molar-refractivity contribution in [3.63, 3.8) is 0 Å². The Morgan fingerprint density at radius 1 is 1.23 bits per heavy atom. The van der Waals surface area contributed by atoms with Gasteiger partial charge in [0.05, 0.1) is 0 Å². The van der Waals surface area contributed by atoms with Crippen LogP contribution in [0.15, 0.2) is 43.7 Å². The van der Waals surface area contributed by atoms with Crippen LogP contribution in [0.25, 0.3) is 11.0 Å². The summed E-state index contributed by atoms with van der Waals surface area (Å²) in [6.07, 6.45) is 4.50. The molecule has 0 saturated carbocycles. The minimum Gasteiger partial charge on any atom is -0.338 e. The normalized spacial score (nSPS) is 16.4. The summed E-state index contributed by atoms with van der Waals surface area (Å²) in [6, 6.07) is 1.57. The molecule has 106 valence electrons. The quantitative estimate of drug-likeness (QED) is 0.511. The molecule has 0 atom stereocenters. The Kier molecular flexibility index (Phi) is 2.34. The van der Waals surface area contributed by atoms with Crippen LogP contribution in [-0.2, 0) is 4.79 Å². The minimum absolute atomic E-state index is 0.106. The molecule has 0 bridgehead atoms. The van der Waals surface area contributed by atoms with Crippen molar-refractivity contribution in [3.05, 3.63) is 34.3 Å². The van der Waals surface area contributed by atoms with E-state index < -0.39 is 11.5 Å². The Labute approximate surface area is 121 Å². The molecule has 0 radical (unpaired) electrons. The summed E-state index contributed by atoms with van der Waals surface area (Å²) in [4.78, 5) is 44.7. The van der Waals surface area contributed by atoms with Crippen molar-refractivity contribution in [3.8, 4) is 0 Å². The van der Waals surface area contributed by atoms with Crippen molar-refractivity contribution in [1.82, 2.24) is 15.0 Å². The van der Waals surface area contributed by atoms with Gasteiger partial charge >= 0.3 is 17.8 Å². The van der Waals surface area contributed by atoms with Crippen LogP contribution in [0.4, 0.5) is 5.95 Å². The molecule has 0 aliphatic carbocycles. The first kappa shape index (κ1) is 12.2. The SMILES string of the molecule is N=[N+](C1=NC(=O)C2=CC=NC2=N1)c1nc2[nH]ccc2c(=O)[nH]1. The van der Waals surface area contributed by atoms with Gasteiger partial charge in [-0.2, -0.15) is 5.53 Å². The van der Waals surface area contributed by atoms with Gasteiger partial charge in [0.15, 0.2) is 5.65 Å². The van der Waals surface area contributed by atoms with Gasteiger partial charge in [-0.15, -0.1) is 9.98 Å². The molecule has 0 fully saturated rings. The van der Waals surface area contributed by atoms with E-state index >= 15 is 0 Å². The fraction of sp³-hybridized carbons (Fsp3) is 0. The van der Waals surface area contributed by atoms with Crippen molar-refractivity contribution in [2.45, 2.75) is 0 Å². The molecule has 2 aliphatic rings. The highest BCUT2D eigenvalue weighted by Gasteiger charge is 2.31. The van der Waals surface area contributed by atoms with E-state index in [4.69, 9.17) is 5.53 Å². The topological polar surface area (TPSA) is 143 Å². The molecule has 1 amide bonds. The summed E-state index contributed by atoms with van der Waals surface area (Å²) >= 11 is 0. The Bertz CT molecular complexity index is 1030. The van der Waals surface area contributed by atoms with E-state index in [9.17, 15) is 9.59 Å². The largest absolute Gasteiger partial charge is 0.384 e. The van der Waals surface area contributed by atoms with E-state index in [2.05, 4.69) is 29.9 Å². The van der Waals surface area contributed by atoms with Crippen LogP contribution in [0.3, 0.4) is 0 Å². The van der Waals surface area contributed by atoms with Gasteiger partial charge in [-0.25, -0.2) is 9.98 Å². The fourth-order valence-corrected chi connectivity index (χ4v) is 2.09. The first-order chi connectivity index (χ1) is 10.6. The van der Waals surface area contributed by atoms with Crippen LogP contribution < -0.4 is 5.56 Å². The number of guanidine groups is 1.